The molecule has 0 unspecified atom stereocenters. The van der Waals surface area contributed by atoms with Crippen molar-refractivity contribution in [1.82, 2.24) is 34.4 Å². The number of rotatable bonds is 8. The van der Waals surface area contributed by atoms with E-state index in [0.717, 1.165) is 56.1 Å². The van der Waals surface area contributed by atoms with Crippen LogP contribution >= 0.6 is 0 Å². The van der Waals surface area contributed by atoms with E-state index in [2.05, 4.69) is 63.4 Å². The zero-order valence-corrected chi connectivity index (χ0v) is 28.6. The van der Waals surface area contributed by atoms with Gasteiger partial charge in [0, 0.05) is 56.9 Å². The first-order valence-electron chi connectivity index (χ1n) is 17.4. The fourth-order valence-electron chi connectivity index (χ4n) is 7.27. The van der Waals surface area contributed by atoms with Crippen LogP contribution in [0.15, 0.2) is 81.0 Å². The first-order chi connectivity index (χ1) is 24.1. The minimum atomic E-state index is -0.656. The summed E-state index contributed by atoms with van der Waals surface area (Å²) in [6.45, 7) is 11.4. The van der Waals surface area contributed by atoms with Crippen LogP contribution in [-0.2, 0) is 6.54 Å². The molecule has 12 heteroatoms. The average molecular weight is 680 g/mol. The van der Waals surface area contributed by atoms with E-state index in [-0.39, 0.29) is 28.7 Å². The third kappa shape index (κ3) is 6.90. The monoisotopic (exact) mass is 679 g/mol. The lowest BCUT2D eigenvalue weighted by atomic mass is 9.90. The number of amides is 1. The molecule has 4 heterocycles. The second kappa shape index (κ2) is 14.1. The van der Waals surface area contributed by atoms with E-state index in [1.165, 1.54) is 14.7 Å². The number of carbonyl (C=O) groups excluding carboxylic acids is 1. The Labute approximate surface area is 289 Å². The van der Waals surface area contributed by atoms with Crippen LogP contribution < -0.4 is 16.6 Å². The number of aromatic nitrogens is 4. The molecule has 2 aromatic carbocycles. The van der Waals surface area contributed by atoms with Gasteiger partial charge in [-0.15, -0.1) is 0 Å². The smallest absolute Gasteiger partial charge is 0.337 e. The van der Waals surface area contributed by atoms with Crippen molar-refractivity contribution in [3.63, 3.8) is 0 Å². The lowest BCUT2D eigenvalue weighted by Crippen LogP contribution is -2.48. The van der Waals surface area contributed by atoms with Gasteiger partial charge >= 0.3 is 5.69 Å². The summed E-state index contributed by atoms with van der Waals surface area (Å²) in [4.78, 5) is 49.9. The highest BCUT2D eigenvalue weighted by Gasteiger charge is 2.29. The minimum Gasteiger partial charge on any atom is -0.361 e. The average Bonchev–Trinajstić information content (AvgIpc) is 3.56. The summed E-state index contributed by atoms with van der Waals surface area (Å²) in [5, 5.41) is 6.79. The number of fused-ring (bicyclic) bond motifs is 1. The Morgan fingerprint density at radius 3 is 2.38 bits per heavy atom. The van der Waals surface area contributed by atoms with Gasteiger partial charge in [-0.05, 0) is 81.3 Å². The van der Waals surface area contributed by atoms with Crippen LogP contribution in [0.5, 0.6) is 0 Å². The van der Waals surface area contributed by atoms with Gasteiger partial charge in [-0.2, -0.15) is 0 Å². The molecular weight excluding hydrogens is 637 g/mol. The van der Waals surface area contributed by atoms with Crippen molar-refractivity contribution in [1.29, 1.82) is 0 Å². The van der Waals surface area contributed by atoms with Gasteiger partial charge in [0.15, 0.2) is 11.3 Å². The first kappa shape index (κ1) is 33.6. The van der Waals surface area contributed by atoms with E-state index < -0.39 is 23.1 Å². The van der Waals surface area contributed by atoms with Gasteiger partial charge in [-0.3, -0.25) is 24.0 Å². The number of nitrogens with one attached hydrogen (secondary N) is 1. The number of nitrogens with zero attached hydrogens (tertiary/aromatic N) is 6. The molecular formula is C38H42FN7O4. The van der Waals surface area contributed by atoms with Gasteiger partial charge in [0.05, 0.1) is 17.3 Å². The summed E-state index contributed by atoms with van der Waals surface area (Å²) in [7, 11) is 0. The molecule has 3 aromatic heterocycles. The van der Waals surface area contributed by atoms with E-state index in [4.69, 9.17) is 4.52 Å². The van der Waals surface area contributed by atoms with Gasteiger partial charge in [-0.25, -0.2) is 18.7 Å². The molecule has 0 bridgehead atoms. The topological polar surface area (TPSA) is 118 Å². The molecule has 2 aliphatic rings. The van der Waals surface area contributed by atoms with Crippen LogP contribution in [0, 0.1) is 12.7 Å². The molecule has 1 amide bonds. The third-order valence-corrected chi connectivity index (χ3v) is 10.1. The molecule has 0 atom stereocenters. The van der Waals surface area contributed by atoms with Crippen LogP contribution in [0.3, 0.4) is 0 Å². The number of piperazine rings is 1. The molecule has 11 nitrogen and oxygen atoms in total. The van der Waals surface area contributed by atoms with Crippen LogP contribution in [0.1, 0.15) is 67.4 Å². The largest absolute Gasteiger partial charge is 0.361 e. The SMILES string of the molecule is Cc1cc(C(=O)NC2CCC(n3c(=O)c4cc(F)cnc4n(-c4cccc(-c5ccc(CN6CCN(C(C)C)CC6)cc5)c4)c3=O)CC2)no1. The summed E-state index contributed by atoms with van der Waals surface area (Å²) in [6.07, 6.45) is 3.09. The molecule has 5 aromatic rings. The van der Waals surface area contributed by atoms with Crippen LogP contribution in [-0.4, -0.2) is 73.2 Å². The van der Waals surface area contributed by atoms with Gasteiger partial charge in [0.25, 0.3) is 11.5 Å². The predicted molar refractivity (Wildman–Crippen MR) is 189 cm³/mol. The Bertz CT molecular complexity index is 2120. The van der Waals surface area contributed by atoms with Gasteiger partial charge in [0.1, 0.15) is 11.6 Å². The molecule has 1 saturated heterocycles. The van der Waals surface area contributed by atoms with Crippen LogP contribution in [0.2, 0.25) is 0 Å². The zero-order chi connectivity index (χ0) is 34.9. The number of pyridine rings is 1. The van der Waals surface area contributed by atoms with Crippen LogP contribution in [0.25, 0.3) is 27.8 Å². The fourth-order valence-corrected chi connectivity index (χ4v) is 7.27. The van der Waals surface area contributed by atoms with Gasteiger partial charge in [-0.1, -0.05) is 41.6 Å². The van der Waals surface area contributed by atoms with E-state index >= 15 is 0 Å². The van der Waals surface area contributed by atoms with Crippen molar-refractivity contribution in [2.45, 2.75) is 71.1 Å². The number of benzene rings is 2. The normalized spacial score (nSPS) is 18.9. The Balaban J connectivity index is 1.14. The third-order valence-electron chi connectivity index (χ3n) is 10.1. The van der Waals surface area contributed by atoms with Crippen molar-refractivity contribution in [2.75, 3.05) is 26.2 Å². The van der Waals surface area contributed by atoms with Crippen molar-refractivity contribution in [2.24, 2.45) is 0 Å². The minimum absolute atomic E-state index is 0.0328. The maximum Gasteiger partial charge on any atom is 0.337 e. The maximum absolute atomic E-state index is 14.5. The van der Waals surface area contributed by atoms with E-state index in [1.54, 1.807) is 19.1 Å². The van der Waals surface area contributed by atoms with Crippen molar-refractivity contribution in [3.8, 4) is 16.8 Å². The Morgan fingerprint density at radius 1 is 0.960 bits per heavy atom. The number of carbonyl (C=O) groups is 1. The lowest BCUT2D eigenvalue weighted by molar-refractivity contribution is 0.0912. The Morgan fingerprint density at radius 2 is 1.70 bits per heavy atom. The van der Waals surface area contributed by atoms with Crippen molar-refractivity contribution >= 4 is 16.9 Å². The molecule has 50 heavy (non-hydrogen) atoms. The molecule has 7 rings (SSSR count). The van der Waals surface area contributed by atoms with Crippen molar-refractivity contribution < 1.29 is 13.7 Å². The summed E-state index contributed by atoms with van der Waals surface area (Å²) in [6, 6.07) is 18.7. The Kier molecular flexibility index (Phi) is 9.48. The van der Waals surface area contributed by atoms with E-state index in [1.807, 2.05) is 18.2 Å². The van der Waals surface area contributed by atoms with Crippen molar-refractivity contribution in [3.05, 3.63) is 111 Å². The standard InChI is InChI=1S/C38H42FN7O4/c1-24(2)44-17-15-43(16-18-44)23-26-7-9-27(10-8-26)28-5-4-6-32(20-28)45-35-33(21-29(39)22-40-35)37(48)46(38(45)49)31-13-11-30(12-14-31)41-36(47)34-19-25(3)50-42-34/h4-10,19-22,24,30-31H,11-18,23H2,1-3H3,(H,41,47). The highest BCUT2D eigenvalue weighted by Crippen LogP contribution is 2.29. The van der Waals surface area contributed by atoms with Gasteiger partial charge in [0.2, 0.25) is 0 Å². The molecule has 1 N–H and O–H groups in total. The molecule has 2 fully saturated rings. The summed E-state index contributed by atoms with van der Waals surface area (Å²) in [5.74, 6) is -0.440. The Hall–Kier alpha value is -4.94. The van der Waals surface area contributed by atoms with E-state index in [9.17, 15) is 18.8 Å². The van der Waals surface area contributed by atoms with E-state index in [0.29, 0.717) is 43.2 Å². The molecule has 1 aliphatic heterocycles. The van der Waals surface area contributed by atoms with Gasteiger partial charge < -0.3 is 9.84 Å². The zero-order valence-electron chi connectivity index (χ0n) is 28.6. The highest BCUT2D eigenvalue weighted by molar-refractivity contribution is 5.92. The first-order valence-corrected chi connectivity index (χ1v) is 17.4. The molecule has 0 radical (unpaired) electrons. The molecule has 0 spiro atoms. The highest BCUT2D eigenvalue weighted by atomic mass is 19.1. The quantitative estimate of drug-likeness (QED) is 0.241. The summed E-state index contributed by atoms with van der Waals surface area (Å²) in [5.41, 5.74) is 2.87. The number of halogens is 1. The summed E-state index contributed by atoms with van der Waals surface area (Å²) >= 11 is 0. The lowest BCUT2D eigenvalue weighted by Gasteiger charge is -2.36. The number of hydrogen-bond acceptors (Lipinski definition) is 8. The number of hydrogen-bond donors (Lipinski definition) is 1. The molecule has 260 valence electrons. The fraction of sp³-hybridized carbons (Fsp3) is 0.395. The second-order valence-electron chi connectivity index (χ2n) is 13.8. The summed E-state index contributed by atoms with van der Waals surface area (Å²) < 4.78 is 22.2. The maximum atomic E-state index is 14.5. The molecule has 1 saturated carbocycles. The van der Waals surface area contributed by atoms with Crippen LogP contribution in [0.4, 0.5) is 4.39 Å². The molecule has 1 aliphatic carbocycles. The number of aryl methyl sites for hydroxylation is 1. The predicted octanol–water partition coefficient (Wildman–Crippen LogP) is 5.09. The second-order valence-corrected chi connectivity index (χ2v) is 13.8.